The molecule has 364 valence electrons. The fourth-order valence-corrected chi connectivity index (χ4v) is 12.2. The molecule has 8 aromatic rings. The molecule has 3 saturated heterocycles. The topological polar surface area (TPSA) is 89.0 Å². The third-order valence-electron chi connectivity index (χ3n) is 14.1. The summed E-state index contributed by atoms with van der Waals surface area (Å²) in [6.45, 7) is 4.85. The van der Waals surface area contributed by atoms with E-state index >= 15 is 0 Å². The lowest BCUT2D eigenvalue weighted by molar-refractivity contribution is -0.175. The fourth-order valence-electron chi connectivity index (χ4n) is 10.7. The Balaban J connectivity index is 0.960. The minimum Gasteiger partial charge on any atom is -0.476 e. The summed E-state index contributed by atoms with van der Waals surface area (Å²) >= 11 is 0. The first-order valence-corrected chi connectivity index (χ1v) is 26.0. The molecule has 1 N–H and O–H groups in total. The van der Waals surface area contributed by atoms with Gasteiger partial charge in [0.05, 0.1) is 11.6 Å². The Kier molecular flexibility index (Phi) is 12.7. The van der Waals surface area contributed by atoms with Gasteiger partial charge in [-0.3, -0.25) is 9.05 Å². The number of nitrogens with zero attached hydrogens (tertiary/aromatic N) is 1. The molecule has 9 nitrogen and oxygen atoms in total. The van der Waals surface area contributed by atoms with Crippen LogP contribution < -0.4 is 9.84 Å². The van der Waals surface area contributed by atoms with Gasteiger partial charge < -0.3 is 28.8 Å². The summed E-state index contributed by atoms with van der Waals surface area (Å²) in [4.78, 5) is 5.16. The molecule has 0 radical (unpaired) electrons. The van der Waals surface area contributed by atoms with E-state index in [0.717, 1.165) is 55.6 Å². The molecule has 3 fully saturated rings. The third-order valence-corrected chi connectivity index (χ3v) is 15.3. The molecule has 0 amide bonds. The zero-order valence-electron chi connectivity index (χ0n) is 40.6. The van der Waals surface area contributed by atoms with Gasteiger partial charge in [0.2, 0.25) is 5.90 Å². The number of rotatable bonds is 12. The Morgan fingerprint density at radius 3 is 1.59 bits per heavy atom. The number of ether oxygens (including phenoxy) is 4. The predicted molar refractivity (Wildman–Crippen MR) is 284 cm³/mol. The maximum absolute atomic E-state index is 7.70. The van der Waals surface area contributed by atoms with Crippen LogP contribution >= 0.6 is 8.60 Å². The van der Waals surface area contributed by atoms with Crippen LogP contribution in [0, 0.1) is 0 Å². The molecule has 0 spiro atoms. The summed E-state index contributed by atoms with van der Waals surface area (Å²) in [5.41, 5.74) is 6.90. The Hall–Kier alpha value is -7.36. The molecule has 0 saturated carbocycles. The van der Waals surface area contributed by atoms with Gasteiger partial charge in [-0.2, -0.15) is 0 Å². The van der Waals surface area contributed by atoms with E-state index in [2.05, 4.69) is 121 Å². The van der Waals surface area contributed by atoms with Crippen LogP contribution in [0.5, 0.6) is 5.75 Å². The van der Waals surface area contributed by atoms with Crippen molar-refractivity contribution < 1.29 is 32.5 Å². The second-order valence-corrected chi connectivity index (χ2v) is 20.2. The highest BCUT2D eigenvalue weighted by Crippen LogP contribution is 2.65. The van der Waals surface area contributed by atoms with Crippen molar-refractivity contribution in [2.75, 3.05) is 13.2 Å². The quantitative estimate of drug-likeness (QED) is 0.121. The van der Waals surface area contributed by atoms with Gasteiger partial charge in [-0.15, -0.1) is 0 Å². The molecule has 0 unspecified atom stereocenters. The number of nitrogens with one attached hydrogen (secondary N) is 1. The van der Waals surface area contributed by atoms with Crippen LogP contribution in [0.1, 0.15) is 64.9 Å². The molecule has 12 rings (SSSR count). The Morgan fingerprint density at radius 2 is 1.04 bits per heavy atom. The van der Waals surface area contributed by atoms with Crippen LogP contribution in [0.2, 0.25) is 0 Å². The van der Waals surface area contributed by atoms with Gasteiger partial charge in [0.15, 0.2) is 22.9 Å². The molecule has 0 aliphatic carbocycles. The van der Waals surface area contributed by atoms with Gasteiger partial charge in [0.25, 0.3) is 0 Å². The first kappa shape index (κ1) is 46.7. The average molecular weight is 983 g/mol. The molecule has 8 aromatic carbocycles. The minimum absolute atomic E-state index is 0.0157. The van der Waals surface area contributed by atoms with Crippen LogP contribution in [0.15, 0.2) is 247 Å². The van der Waals surface area contributed by atoms with Gasteiger partial charge >= 0.3 is 8.60 Å². The molecular weight excluding hydrogens is 928 g/mol. The van der Waals surface area contributed by atoms with Crippen LogP contribution in [-0.4, -0.2) is 37.1 Å². The first-order valence-electron chi connectivity index (χ1n) is 24.9. The summed E-state index contributed by atoms with van der Waals surface area (Å²) in [6, 6.07) is 78.1. The average Bonchev–Trinajstić information content (AvgIpc) is 4.22. The molecule has 73 heavy (non-hydrogen) atoms. The summed E-state index contributed by atoms with van der Waals surface area (Å²) < 4.78 is 50.1. The monoisotopic (exact) mass is 982 g/mol. The summed E-state index contributed by atoms with van der Waals surface area (Å²) in [7, 11) is -2.31. The van der Waals surface area contributed by atoms with Crippen molar-refractivity contribution in [2.24, 2.45) is 4.99 Å². The molecule has 4 aliphatic rings. The van der Waals surface area contributed by atoms with Crippen molar-refractivity contribution >= 4 is 14.5 Å². The van der Waals surface area contributed by atoms with Gasteiger partial charge in [0.1, 0.15) is 37.2 Å². The second-order valence-electron chi connectivity index (χ2n) is 19.2. The number of fused-ring (bicyclic) bond motifs is 1. The van der Waals surface area contributed by atoms with Crippen molar-refractivity contribution in [3.8, 4) is 16.9 Å². The van der Waals surface area contributed by atoms with E-state index in [-0.39, 0.29) is 12.1 Å². The largest absolute Gasteiger partial charge is 0.476 e. The summed E-state index contributed by atoms with van der Waals surface area (Å²) in [5, 5.41) is 3.68. The number of aliphatic imine (C=N–C) groups is 1. The number of hydrogen-bond acceptors (Lipinski definition) is 9. The molecule has 4 atom stereocenters. The molecule has 10 heteroatoms. The molecule has 4 aliphatic heterocycles. The summed E-state index contributed by atoms with van der Waals surface area (Å²) in [5.74, 6) is 0.808. The van der Waals surface area contributed by atoms with E-state index in [1.54, 1.807) is 0 Å². The van der Waals surface area contributed by atoms with Gasteiger partial charge in [0, 0.05) is 12.0 Å². The highest BCUT2D eigenvalue weighted by molar-refractivity contribution is 7.42. The minimum atomic E-state index is -2.31. The lowest BCUT2D eigenvalue weighted by atomic mass is 9.72. The van der Waals surface area contributed by atoms with Crippen molar-refractivity contribution in [1.82, 2.24) is 5.32 Å². The maximum atomic E-state index is 7.70. The number of para-hydroxylation sites is 1. The molecular formula is C63H55N2O7P. The van der Waals surface area contributed by atoms with Gasteiger partial charge in [-0.1, -0.05) is 224 Å². The van der Waals surface area contributed by atoms with Crippen LogP contribution in [-0.2, 0) is 45.6 Å². The van der Waals surface area contributed by atoms with Crippen molar-refractivity contribution in [3.63, 3.8) is 0 Å². The van der Waals surface area contributed by atoms with Crippen LogP contribution in [0.3, 0.4) is 0 Å². The smallest absolute Gasteiger partial charge is 0.399 e. The number of benzene rings is 8. The Bertz CT molecular complexity index is 3050. The standard InChI is InChI=1S/C63H55N2O7P/c1-61(2)68-57-58(69-61)63(50-34-17-7-18-35-50,51-36-19-8-20-37-51)72-73(71-62(57,48-30-13-5-14-31-48)49-32-15-6-16-33-49)70-56-39-22-21-38-52(56)47-29-23-24-44(40-47)41-53(59-64-54(42-66-59)45-25-9-3-10-26-45)60-65-55(43-67-60)46-27-11-4-12-28-46/h3-40,54-55,57-58,64H,41-43H2,1-2H3/b59-53+/t54-,55-,57-,58-/m1/s1. The van der Waals surface area contributed by atoms with E-state index in [0.29, 0.717) is 37.2 Å². The van der Waals surface area contributed by atoms with Crippen LogP contribution in [0.25, 0.3) is 11.1 Å². The molecule has 4 heterocycles. The van der Waals surface area contributed by atoms with Crippen LogP contribution in [0.4, 0.5) is 0 Å². The van der Waals surface area contributed by atoms with E-state index in [4.69, 9.17) is 37.5 Å². The Morgan fingerprint density at radius 1 is 0.548 bits per heavy atom. The predicted octanol–water partition coefficient (Wildman–Crippen LogP) is 13.7. The Labute approximate surface area is 428 Å². The van der Waals surface area contributed by atoms with Crippen molar-refractivity contribution in [3.05, 3.63) is 281 Å². The van der Waals surface area contributed by atoms with E-state index in [1.165, 1.54) is 0 Å². The maximum Gasteiger partial charge on any atom is 0.399 e. The molecule has 0 bridgehead atoms. The van der Waals surface area contributed by atoms with E-state index < -0.39 is 37.8 Å². The lowest BCUT2D eigenvalue weighted by Crippen LogP contribution is -2.53. The third kappa shape index (κ3) is 9.03. The zero-order valence-corrected chi connectivity index (χ0v) is 41.5. The highest BCUT2D eigenvalue weighted by atomic mass is 31.2. The van der Waals surface area contributed by atoms with Gasteiger partial charge in [-0.25, -0.2) is 4.99 Å². The van der Waals surface area contributed by atoms with Crippen molar-refractivity contribution in [1.29, 1.82) is 0 Å². The number of hydrogen-bond donors (Lipinski definition) is 1. The highest BCUT2D eigenvalue weighted by Gasteiger charge is 2.67. The second kappa shape index (κ2) is 19.9. The summed E-state index contributed by atoms with van der Waals surface area (Å²) in [6.07, 6.45) is -0.986. The normalized spacial score (nSPS) is 22.4. The zero-order chi connectivity index (χ0) is 49.2. The molecule has 0 aromatic heterocycles. The SMILES string of the molecule is CC1(C)O[C@@H]2[C@@H](O1)C(c1ccccc1)(c1ccccc1)OP(Oc1ccccc1-c1cccc(C/C(C3=N[C@@H](c4ccccc4)CO3)=C3/N[C@@H](c4ccccc4)CO3)c1)OC2(c1ccccc1)c1ccccc1. The van der Waals surface area contributed by atoms with Crippen molar-refractivity contribution in [2.45, 2.75) is 61.5 Å². The van der Waals surface area contributed by atoms with E-state index in [1.807, 2.05) is 129 Å². The lowest BCUT2D eigenvalue weighted by Gasteiger charge is -2.41. The van der Waals surface area contributed by atoms with Gasteiger partial charge in [-0.05, 0) is 64.4 Å². The fraction of sp³-hybridized carbons (Fsp3) is 0.190. The first-order chi connectivity index (χ1) is 35.9. The van der Waals surface area contributed by atoms with E-state index in [9.17, 15) is 0 Å².